The highest BCUT2D eigenvalue weighted by molar-refractivity contribution is 6.45. The normalized spacial score (nSPS) is 15.0. The fraction of sp³-hybridized carbons (Fsp3) is 0.541. The molecule has 14 heteroatoms. The number of piperazine rings is 1. The number of amides is 3. The van der Waals surface area contributed by atoms with Crippen LogP contribution in [0.4, 0.5) is 17.1 Å². The van der Waals surface area contributed by atoms with Gasteiger partial charge >= 0.3 is 5.97 Å². The molecule has 0 aromatic heterocycles. The molecule has 0 atom stereocenters. The van der Waals surface area contributed by atoms with E-state index in [9.17, 15) is 24.0 Å². The molecule has 0 saturated carbocycles. The van der Waals surface area contributed by atoms with Crippen molar-refractivity contribution < 1.29 is 33.5 Å². The minimum atomic E-state index is -1.12. The lowest BCUT2D eigenvalue weighted by atomic mass is 9.74. The van der Waals surface area contributed by atoms with Crippen molar-refractivity contribution in [2.24, 2.45) is 10.8 Å². The molecule has 1 saturated heterocycles. The molecule has 2 heterocycles. The lowest BCUT2D eigenvalue weighted by molar-refractivity contribution is -0.201. The van der Waals surface area contributed by atoms with E-state index in [1.807, 2.05) is 24.3 Å². The van der Waals surface area contributed by atoms with Crippen molar-refractivity contribution in [2.75, 3.05) is 61.9 Å². The Morgan fingerprint density at radius 1 is 0.980 bits per heavy atom. The zero-order chi connectivity index (χ0) is 37.3. The van der Waals surface area contributed by atoms with Gasteiger partial charge in [0.25, 0.3) is 5.91 Å². The van der Waals surface area contributed by atoms with Gasteiger partial charge in [-0.15, -0.1) is 0 Å². The number of hydrogen-bond acceptors (Lipinski definition) is 9. The van der Waals surface area contributed by atoms with Crippen molar-refractivity contribution in [3.05, 3.63) is 45.9 Å². The maximum absolute atomic E-state index is 13.4. The number of nitrogens with zero attached hydrogens (tertiary/aromatic N) is 3. The summed E-state index contributed by atoms with van der Waals surface area (Å²) in [5, 5.41) is 7.19. The van der Waals surface area contributed by atoms with E-state index in [1.54, 1.807) is 33.8 Å². The molecule has 2 aromatic carbocycles. The van der Waals surface area contributed by atoms with Gasteiger partial charge in [0.05, 0.1) is 33.4 Å². The minimum Gasteiger partial charge on any atom is -0.494 e. The van der Waals surface area contributed by atoms with E-state index in [-0.39, 0.29) is 36.1 Å². The van der Waals surface area contributed by atoms with Crippen LogP contribution in [-0.2, 0) is 35.2 Å². The molecule has 4 rings (SSSR count). The second kappa shape index (κ2) is 17.6. The molecule has 51 heavy (non-hydrogen) atoms. The number of carbonyl (C=O) groups excluding carboxylic acids is 5. The van der Waals surface area contributed by atoms with Crippen LogP contribution in [0.15, 0.2) is 30.3 Å². The third kappa shape index (κ3) is 10.8. The standard InChI is InChI=1S/C37H49Cl2N5O7/c1-36(2,24-37(3,4)35(49)51-42(5)31(47)9-8-21-45)34(48)41-27-13-14-29(33(39)32(27)38)44-19-17-43(18-20-44)16-6-7-22-50-26-12-10-25-11-15-30(46)40-28(25)23-26/h10,12-14,21,23H,6-9,11,15-20,22,24H2,1-5H3,(H,40,46)(H,41,48). The average Bonchev–Trinajstić information content (AvgIpc) is 3.08. The molecule has 0 spiro atoms. The second-order valence-electron chi connectivity index (χ2n) is 14.4. The Labute approximate surface area is 310 Å². The van der Waals surface area contributed by atoms with E-state index in [2.05, 4.69) is 20.4 Å². The van der Waals surface area contributed by atoms with Crippen LogP contribution >= 0.6 is 23.2 Å². The fourth-order valence-corrected chi connectivity index (χ4v) is 6.84. The summed E-state index contributed by atoms with van der Waals surface area (Å²) in [6.45, 7) is 11.5. The molecule has 0 unspecified atom stereocenters. The first kappa shape index (κ1) is 39.9. The first-order valence-electron chi connectivity index (χ1n) is 17.4. The average molecular weight is 747 g/mol. The summed E-state index contributed by atoms with van der Waals surface area (Å²) in [7, 11) is 1.31. The van der Waals surface area contributed by atoms with E-state index >= 15 is 0 Å². The third-order valence-electron chi connectivity index (χ3n) is 9.24. The van der Waals surface area contributed by atoms with Crippen molar-refractivity contribution >= 4 is 70.2 Å². The predicted molar refractivity (Wildman–Crippen MR) is 198 cm³/mol. The number of rotatable bonds is 15. The quantitative estimate of drug-likeness (QED) is 0.125. The highest BCUT2D eigenvalue weighted by atomic mass is 35.5. The summed E-state index contributed by atoms with van der Waals surface area (Å²) in [4.78, 5) is 70.5. The van der Waals surface area contributed by atoms with Crippen molar-refractivity contribution in [3.8, 4) is 5.75 Å². The number of unbranched alkanes of at least 4 members (excludes halogenated alkanes) is 1. The minimum absolute atomic E-state index is 0.0292. The maximum Gasteiger partial charge on any atom is 0.338 e. The van der Waals surface area contributed by atoms with Gasteiger partial charge in [-0.3, -0.25) is 19.3 Å². The van der Waals surface area contributed by atoms with Gasteiger partial charge in [-0.05, 0) is 69.8 Å². The van der Waals surface area contributed by atoms with Crippen LogP contribution < -0.4 is 20.3 Å². The molecule has 3 amide bonds. The van der Waals surface area contributed by atoms with E-state index in [0.717, 1.165) is 79.7 Å². The molecule has 278 valence electrons. The van der Waals surface area contributed by atoms with Gasteiger partial charge in [0.1, 0.15) is 12.0 Å². The number of hydrogen-bond donors (Lipinski definition) is 2. The van der Waals surface area contributed by atoms with Crippen molar-refractivity contribution in [1.29, 1.82) is 0 Å². The number of nitrogens with one attached hydrogen (secondary N) is 2. The Hall–Kier alpha value is -3.87. The van der Waals surface area contributed by atoms with E-state index in [0.29, 0.717) is 30.0 Å². The smallest absolute Gasteiger partial charge is 0.338 e. The molecule has 2 N–H and O–H groups in total. The van der Waals surface area contributed by atoms with Crippen LogP contribution in [0.3, 0.4) is 0 Å². The molecule has 1 fully saturated rings. The Balaban J connectivity index is 1.22. The molecule has 0 bridgehead atoms. The van der Waals surface area contributed by atoms with Crippen molar-refractivity contribution in [1.82, 2.24) is 9.96 Å². The summed E-state index contributed by atoms with van der Waals surface area (Å²) in [6, 6.07) is 9.48. The lowest BCUT2D eigenvalue weighted by Gasteiger charge is -2.37. The Kier molecular flexibility index (Phi) is 13.7. The number of benzene rings is 2. The lowest BCUT2D eigenvalue weighted by Crippen LogP contribution is -2.46. The number of hydroxylamine groups is 2. The van der Waals surface area contributed by atoms with Gasteiger partial charge in [-0.25, -0.2) is 4.79 Å². The molecule has 0 radical (unpaired) electrons. The zero-order valence-electron chi connectivity index (χ0n) is 30.1. The number of ether oxygens (including phenoxy) is 1. The number of carbonyl (C=O) groups is 5. The summed E-state index contributed by atoms with van der Waals surface area (Å²) in [5.74, 6) is -0.730. The van der Waals surface area contributed by atoms with Crippen molar-refractivity contribution in [3.63, 3.8) is 0 Å². The summed E-state index contributed by atoms with van der Waals surface area (Å²) < 4.78 is 5.94. The number of halogens is 2. The monoisotopic (exact) mass is 745 g/mol. The number of aryl methyl sites for hydroxylation is 1. The van der Waals surface area contributed by atoms with Gasteiger partial charge in [0.15, 0.2) is 0 Å². The number of fused-ring (bicyclic) bond motifs is 1. The van der Waals surface area contributed by atoms with E-state index < -0.39 is 22.7 Å². The zero-order valence-corrected chi connectivity index (χ0v) is 31.6. The second-order valence-corrected chi connectivity index (χ2v) is 15.1. The largest absolute Gasteiger partial charge is 0.494 e. The predicted octanol–water partition coefficient (Wildman–Crippen LogP) is 6.14. The highest BCUT2D eigenvalue weighted by Crippen LogP contribution is 2.41. The highest BCUT2D eigenvalue weighted by Gasteiger charge is 2.41. The summed E-state index contributed by atoms with van der Waals surface area (Å²) in [5.41, 5.74) is 0.996. The first-order chi connectivity index (χ1) is 24.1. The van der Waals surface area contributed by atoms with Gasteiger partial charge in [-0.2, -0.15) is 5.06 Å². The third-order valence-corrected chi connectivity index (χ3v) is 10.1. The molecule has 0 aliphatic carbocycles. The molecule has 12 nitrogen and oxygen atoms in total. The van der Waals surface area contributed by atoms with Gasteiger partial charge in [0.2, 0.25) is 11.8 Å². The topological polar surface area (TPSA) is 138 Å². The molecule has 2 aliphatic rings. The van der Waals surface area contributed by atoms with E-state index in [1.165, 1.54) is 7.05 Å². The van der Waals surface area contributed by atoms with Crippen LogP contribution in [0.2, 0.25) is 10.0 Å². The SMILES string of the molecule is CN(OC(=O)C(C)(C)CC(C)(C)C(=O)Nc1ccc(N2CCN(CCCCOc3ccc4c(c3)NC(=O)CC4)CC2)c(Cl)c1Cl)C(=O)CCC=O. The van der Waals surface area contributed by atoms with Crippen LogP contribution in [-0.4, -0.2) is 86.3 Å². The van der Waals surface area contributed by atoms with Gasteiger partial charge in [0, 0.05) is 69.7 Å². The van der Waals surface area contributed by atoms with Gasteiger partial charge in [-0.1, -0.05) is 43.1 Å². The van der Waals surface area contributed by atoms with Crippen LogP contribution in [0.25, 0.3) is 0 Å². The molecule has 2 aromatic rings. The van der Waals surface area contributed by atoms with Gasteiger partial charge < -0.3 is 29.9 Å². The Morgan fingerprint density at radius 3 is 2.41 bits per heavy atom. The number of anilines is 3. The van der Waals surface area contributed by atoms with Crippen LogP contribution in [0, 0.1) is 10.8 Å². The molecule has 2 aliphatic heterocycles. The molecular weight excluding hydrogens is 697 g/mol. The Morgan fingerprint density at radius 2 is 1.71 bits per heavy atom. The van der Waals surface area contributed by atoms with Crippen LogP contribution in [0.5, 0.6) is 5.75 Å². The fourth-order valence-electron chi connectivity index (χ4n) is 6.35. The van der Waals surface area contributed by atoms with Crippen molar-refractivity contribution in [2.45, 2.75) is 72.6 Å². The van der Waals surface area contributed by atoms with E-state index in [4.69, 9.17) is 32.8 Å². The Bertz CT molecular complexity index is 1610. The van der Waals surface area contributed by atoms with Crippen LogP contribution in [0.1, 0.15) is 71.8 Å². The maximum atomic E-state index is 13.4. The number of aldehydes is 1. The summed E-state index contributed by atoms with van der Waals surface area (Å²) >= 11 is 13.4. The first-order valence-corrected chi connectivity index (χ1v) is 18.1. The summed E-state index contributed by atoms with van der Waals surface area (Å²) in [6.07, 6.45) is 3.88. The molecular formula is C37H49Cl2N5O7.